The zero-order valence-corrected chi connectivity index (χ0v) is 17.4. The third-order valence-electron chi connectivity index (χ3n) is 4.71. The van der Waals surface area contributed by atoms with E-state index in [4.69, 9.17) is 16.3 Å². The molecule has 1 aromatic carbocycles. The van der Waals surface area contributed by atoms with Gasteiger partial charge in [-0.05, 0) is 55.8 Å². The molecule has 0 radical (unpaired) electrons. The quantitative estimate of drug-likeness (QED) is 0.595. The van der Waals surface area contributed by atoms with Gasteiger partial charge in [-0.15, -0.1) is 0 Å². The molecule has 6 nitrogen and oxygen atoms in total. The molecule has 1 aliphatic heterocycles. The van der Waals surface area contributed by atoms with Gasteiger partial charge >= 0.3 is 0 Å². The van der Waals surface area contributed by atoms with Crippen LogP contribution in [0.4, 0.5) is 0 Å². The maximum absolute atomic E-state index is 9.70. The molecule has 0 aliphatic carbocycles. The predicted molar refractivity (Wildman–Crippen MR) is 118 cm³/mol. The number of aliphatic imine (C=N–C) groups is 2. The van der Waals surface area contributed by atoms with Crippen LogP contribution in [0.3, 0.4) is 0 Å². The minimum Gasteiger partial charge on any atom is -0.481 e. The lowest BCUT2D eigenvalue weighted by atomic mass is 10.0. The van der Waals surface area contributed by atoms with Gasteiger partial charge in [-0.25, -0.2) is 15.0 Å². The van der Waals surface area contributed by atoms with Crippen LogP contribution in [0.15, 0.2) is 58.3 Å². The highest BCUT2D eigenvalue weighted by molar-refractivity contribution is 6.30. The average Bonchev–Trinajstić information content (AvgIpc) is 3.14. The monoisotopic (exact) mass is 412 g/mol. The fourth-order valence-electron chi connectivity index (χ4n) is 3.30. The second kappa shape index (κ2) is 9.67. The van der Waals surface area contributed by atoms with Gasteiger partial charge in [-0.1, -0.05) is 29.3 Å². The number of halogens is 1. The molecule has 1 atom stereocenters. The number of β-amino-alcohol motifs (C(OH)–C–C–N with tert-alkyl or cyclic N) is 1. The molecule has 2 aromatic rings. The standard InChI is InChI=1S/C22H25ClN4O2/c1-15(12-26-22(24-2)27-8-7-19(28)14-27)9-16-10-20(21(29-3)25-13-16)17-5-4-6-18(23)11-17/h4-6,10-13,19,28H,2,7-9,14H2,1,3H3/b15-12+,26-22+. The van der Waals surface area contributed by atoms with Crippen molar-refractivity contribution < 1.29 is 9.84 Å². The van der Waals surface area contributed by atoms with Crippen LogP contribution in [0.2, 0.25) is 5.02 Å². The Balaban J connectivity index is 1.80. The first-order valence-electron chi connectivity index (χ1n) is 9.42. The van der Waals surface area contributed by atoms with Crippen molar-refractivity contribution in [1.82, 2.24) is 9.88 Å². The van der Waals surface area contributed by atoms with Gasteiger partial charge in [0, 0.05) is 36.1 Å². The Hall–Kier alpha value is -2.70. The van der Waals surface area contributed by atoms with Gasteiger partial charge in [0.1, 0.15) is 0 Å². The van der Waals surface area contributed by atoms with Crippen LogP contribution in [0.5, 0.6) is 5.88 Å². The summed E-state index contributed by atoms with van der Waals surface area (Å²) in [5, 5.41) is 10.4. The van der Waals surface area contributed by atoms with Crippen molar-refractivity contribution in [3.63, 3.8) is 0 Å². The maximum Gasteiger partial charge on any atom is 0.224 e. The molecule has 0 bridgehead atoms. The minimum atomic E-state index is -0.331. The summed E-state index contributed by atoms with van der Waals surface area (Å²) in [5.41, 5.74) is 3.93. The molecule has 0 spiro atoms. The molecule has 1 saturated heterocycles. The first kappa shape index (κ1) is 21.0. The SMILES string of the molecule is C=N/C(=N\C=C(/C)Cc1cnc(OC)c(-c2cccc(Cl)c2)c1)N1CCC(O)C1. The molecule has 152 valence electrons. The largest absolute Gasteiger partial charge is 0.481 e. The van der Waals surface area contributed by atoms with E-state index in [9.17, 15) is 5.11 Å². The topological polar surface area (TPSA) is 70.3 Å². The summed E-state index contributed by atoms with van der Waals surface area (Å²) in [5.74, 6) is 1.09. The predicted octanol–water partition coefficient (Wildman–Crippen LogP) is 3.98. The summed E-state index contributed by atoms with van der Waals surface area (Å²) in [6.07, 6.45) is 4.67. The molecule has 3 rings (SSSR count). The van der Waals surface area contributed by atoms with Gasteiger partial charge in [0.2, 0.25) is 11.8 Å². The van der Waals surface area contributed by atoms with Gasteiger partial charge in [-0.3, -0.25) is 0 Å². The minimum absolute atomic E-state index is 0.331. The van der Waals surface area contributed by atoms with Crippen LogP contribution in [0, 0.1) is 0 Å². The number of likely N-dealkylation sites (tertiary alicyclic amines) is 1. The number of benzene rings is 1. The molecular weight excluding hydrogens is 388 g/mol. The molecule has 1 unspecified atom stereocenters. The first-order valence-corrected chi connectivity index (χ1v) is 9.80. The van der Waals surface area contributed by atoms with Crippen LogP contribution in [-0.2, 0) is 6.42 Å². The van der Waals surface area contributed by atoms with Gasteiger partial charge in [0.15, 0.2) is 0 Å². The van der Waals surface area contributed by atoms with E-state index in [1.165, 1.54) is 0 Å². The van der Waals surface area contributed by atoms with E-state index in [1.54, 1.807) is 19.5 Å². The van der Waals surface area contributed by atoms with E-state index < -0.39 is 0 Å². The summed E-state index contributed by atoms with van der Waals surface area (Å²) < 4.78 is 5.42. The molecule has 0 saturated carbocycles. The zero-order chi connectivity index (χ0) is 20.8. The van der Waals surface area contributed by atoms with Crippen molar-refractivity contribution in [2.45, 2.75) is 25.9 Å². The fourth-order valence-corrected chi connectivity index (χ4v) is 3.49. The molecule has 29 heavy (non-hydrogen) atoms. The molecule has 1 N–H and O–H groups in total. The van der Waals surface area contributed by atoms with Gasteiger partial charge in [0.25, 0.3) is 0 Å². The van der Waals surface area contributed by atoms with Gasteiger partial charge < -0.3 is 14.7 Å². The lowest BCUT2D eigenvalue weighted by Crippen LogP contribution is -2.27. The average molecular weight is 413 g/mol. The number of pyridine rings is 1. The lowest BCUT2D eigenvalue weighted by Gasteiger charge is -2.15. The van der Waals surface area contributed by atoms with Crippen molar-refractivity contribution in [3.05, 3.63) is 58.9 Å². The summed E-state index contributed by atoms with van der Waals surface area (Å²) in [6.45, 7) is 6.87. The number of ether oxygens (including phenoxy) is 1. The van der Waals surface area contributed by atoms with Crippen molar-refractivity contribution in [2.24, 2.45) is 9.98 Å². The van der Waals surface area contributed by atoms with E-state index in [-0.39, 0.29) is 6.10 Å². The van der Waals surface area contributed by atoms with E-state index in [0.717, 1.165) is 35.2 Å². The van der Waals surface area contributed by atoms with Crippen LogP contribution in [0.25, 0.3) is 11.1 Å². The Bertz CT molecular complexity index is 942. The van der Waals surface area contributed by atoms with E-state index in [1.807, 2.05) is 36.1 Å². The molecule has 1 aromatic heterocycles. The molecule has 7 heteroatoms. The number of aromatic nitrogens is 1. The van der Waals surface area contributed by atoms with Crippen LogP contribution >= 0.6 is 11.6 Å². The fraction of sp³-hybridized carbons (Fsp3) is 0.318. The smallest absolute Gasteiger partial charge is 0.224 e. The van der Waals surface area contributed by atoms with Crippen molar-refractivity contribution >= 4 is 24.3 Å². The number of aliphatic hydroxyl groups is 1. The number of aliphatic hydroxyl groups excluding tert-OH is 1. The third kappa shape index (κ3) is 5.43. The normalized spacial score (nSPS) is 17.5. The highest BCUT2D eigenvalue weighted by Crippen LogP contribution is 2.31. The third-order valence-corrected chi connectivity index (χ3v) is 4.94. The Morgan fingerprint density at radius 2 is 2.28 bits per heavy atom. The van der Waals surface area contributed by atoms with E-state index in [2.05, 4.69) is 27.8 Å². The first-order chi connectivity index (χ1) is 14.0. The highest BCUT2D eigenvalue weighted by Gasteiger charge is 2.22. The summed E-state index contributed by atoms with van der Waals surface area (Å²) in [7, 11) is 1.61. The Kier molecular flexibility index (Phi) is 7.01. The Morgan fingerprint density at radius 1 is 1.45 bits per heavy atom. The number of hydrogen-bond acceptors (Lipinski definition) is 4. The summed E-state index contributed by atoms with van der Waals surface area (Å²) >= 11 is 6.14. The molecule has 1 aliphatic rings. The molecule has 1 fully saturated rings. The number of guanidine groups is 1. The Labute approximate surface area is 176 Å². The molecule has 0 amide bonds. The summed E-state index contributed by atoms with van der Waals surface area (Å²) in [6, 6.07) is 9.67. The number of hydrogen-bond donors (Lipinski definition) is 1. The molecular formula is C22H25ClN4O2. The van der Waals surface area contributed by atoms with Crippen LogP contribution in [0.1, 0.15) is 18.9 Å². The van der Waals surface area contributed by atoms with Crippen LogP contribution < -0.4 is 4.74 Å². The van der Waals surface area contributed by atoms with Crippen molar-refractivity contribution in [3.8, 4) is 17.0 Å². The number of methoxy groups -OCH3 is 1. The van der Waals surface area contributed by atoms with Gasteiger partial charge in [-0.2, -0.15) is 0 Å². The lowest BCUT2D eigenvalue weighted by molar-refractivity contribution is 0.188. The Morgan fingerprint density at radius 3 is 2.93 bits per heavy atom. The zero-order valence-electron chi connectivity index (χ0n) is 16.7. The second-order valence-electron chi connectivity index (χ2n) is 7.04. The van der Waals surface area contributed by atoms with E-state index in [0.29, 0.717) is 29.8 Å². The number of allylic oxidation sites excluding steroid dienone is 1. The maximum atomic E-state index is 9.70. The van der Waals surface area contributed by atoms with Crippen molar-refractivity contribution in [1.29, 1.82) is 0 Å². The highest BCUT2D eigenvalue weighted by atomic mass is 35.5. The van der Waals surface area contributed by atoms with Gasteiger partial charge in [0.05, 0.1) is 13.2 Å². The second-order valence-corrected chi connectivity index (χ2v) is 7.48. The summed E-state index contributed by atoms with van der Waals surface area (Å²) in [4.78, 5) is 14.8. The number of nitrogens with zero attached hydrogens (tertiary/aromatic N) is 4. The van der Waals surface area contributed by atoms with E-state index >= 15 is 0 Å². The molecule has 2 heterocycles. The number of rotatable bonds is 5. The van der Waals surface area contributed by atoms with Crippen LogP contribution in [-0.4, -0.2) is 54.0 Å². The van der Waals surface area contributed by atoms with Crippen molar-refractivity contribution in [2.75, 3.05) is 20.2 Å².